The van der Waals surface area contributed by atoms with Gasteiger partial charge >= 0.3 is 17.9 Å². The van der Waals surface area contributed by atoms with Crippen molar-refractivity contribution >= 4 is 23.2 Å². The highest BCUT2D eigenvalue weighted by molar-refractivity contribution is 6.32. The Balaban J connectivity index is 2.19. The molecule has 0 radical (unpaired) electrons. The number of alkyl halides is 3. The van der Waals surface area contributed by atoms with Gasteiger partial charge in [0.1, 0.15) is 11.6 Å². The van der Waals surface area contributed by atoms with Crippen molar-refractivity contribution in [1.29, 1.82) is 0 Å². The number of para-hydroxylation sites is 2. The third-order valence-corrected chi connectivity index (χ3v) is 4.61. The summed E-state index contributed by atoms with van der Waals surface area (Å²) in [4.78, 5) is 31.3. The molecule has 0 saturated heterocycles. The molecule has 3 rings (SSSR count). The highest BCUT2D eigenvalue weighted by Gasteiger charge is 2.35. The van der Waals surface area contributed by atoms with E-state index in [-0.39, 0.29) is 35.1 Å². The van der Waals surface area contributed by atoms with Crippen LogP contribution in [0.1, 0.15) is 19.5 Å². The maximum Gasteiger partial charge on any atom is 0.433 e. The Kier molecular flexibility index (Phi) is 7.77. The van der Waals surface area contributed by atoms with E-state index in [1.54, 1.807) is 6.92 Å². The Morgan fingerprint density at radius 3 is 2.56 bits per heavy atom. The fraction of sp³-hybridized carbons (Fsp3) is 0.190. The lowest BCUT2D eigenvalue weighted by atomic mass is 10.2. The van der Waals surface area contributed by atoms with E-state index >= 15 is 0 Å². The van der Waals surface area contributed by atoms with Crippen molar-refractivity contribution in [3.8, 4) is 23.2 Å². The second-order valence-electron chi connectivity index (χ2n) is 6.79. The number of halogens is 5. The zero-order valence-electron chi connectivity index (χ0n) is 18.4. The normalized spacial score (nSPS) is 11.8. The van der Waals surface area contributed by atoms with Gasteiger partial charge in [0.15, 0.2) is 5.69 Å². The van der Waals surface area contributed by atoms with Crippen molar-refractivity contribution in [2.75, 3.05) is 6.61 Å². The molecule has 0 aliphatic rings. The standard InChI is InChI=1S/C21H15ClF4N4O6/c1-3-34-11(2)28-36-20-27-18(21(24,25)26)10-19(31)29(20)15-9-17(12(22)8-13(15)23)35-16-7-5-4-6-14(16)30(32)33/h4-10H,3H2,1-2H3/b28-11+. The van der Waals surface area contributed by atoms with Crippen molar-refractivity contribution in [1.82, 2.24) is 9.55 Å². The smallest absolute Gasteiger partial charge is 0.433 e. The third-order valence-electron chi connectivity index (χ3n) is 4.31. The van der Waals surface area contributed by atoms with E-state index in [0.717, 1.165) is 12.1 Å². The van der Waals surface area contributed by atoms with Crippen molar-refractivity contribution < 1.29 is 36.8 Å². The van der Waals surface area contributed by atoms with Crippen LogP contribution in [0.3, 0.4) is 0 Å². The van der Waals surface area contributed by atoms with E-state index in [4.69, 9.17) is 25.9 Å². The number of ether oxygens (including phenoxy) is 2. The molecular formula is C21H15ClF4N4O6. The van der Waals surface area contributed by atoms with Crippen molar-refractivity contribution in [2.24, 2.45) is 5.16 Å². The minimum absolute atomic E-state index is 0.118. The van der Waals surface area contributed by atoms with Gasteiger partial charge in [0.05, 0.1) is 22.2 Å². The number of nitro benzene ring substituents is 1. The maximum atomic E-state index is 14.9. The lowest BCUT2D eigenvalue weighted by Gasteiger charge is -2.15. The molecule has 0 aliphatic heterocycles. The number of nitro groups is 1. The second-order valence-corrected chi connectivity index (χ2v) is 7.20. The van der Waals surface area contributed by atoms with Crippen LogP contribution in [0.4, 0.5) is 23.2 Å². The first-order valence-corrected chi connectivity index (χ1v) is 10.3. The Labute approximate surface area is 204 Å². The fourth-order valence-electron chi connectivity index (χ4n) is 2.81. The summed E-state index contributed by atoms with van der Waals surface area (Å²) in [6, 6.07) is 5.81. The van der Waals surface area contributed by atoms with E-state index in [0.29, 0.717) is 10.6 Å². The third kappa shape index (κ3) is 5.89. The number of oxime groups is 1. The minimum Gasteiger partial charge on any atom is -0.479 e. The zero-order chi connectivity index (χ0) is 26.6. The number of aromatic nitrogens is 2. The van der Waals surface area contributed by atoms with Gasteiger partial charge in [-0.3, -0.25) is 14.9 Å². The lowest BCUT2D eigenvalue weighted by Crippen LogP contribution is -2.25. The molecule has 190 valence electrons. The second kappa shape index (κ2) is 10.6. The zero-order valence-corrected chi connectivity index (χ0v) is 19.1. The first-order chi connectivity index (χ1) is 16.9. The predicted molar refractivity (Wildman–Crippen MR) is 118 cm³/mol. The molecule has 0 bridgehead atoms. The van der Waals surface area contributed by atoms with Crippen LogP contribution in [0.15, 0.2) is 52.4 Å². The Morgan fingerprint density at radius 1 is 1.22 bits per heavy atom. The van der Waals surface area contributed by atoms with Crippen molar-refractivity contribution in [3.05, 3.63) is 79.5 Å². The molecule has 0 N–H and O–H groups in total. The maximum absolute atomic E-state index is 14.9. The number of rotatable bonds is 7. The first-order valence-electron chi connectivity index (χ1n) is 9.88. The van der Waals surface area contributed by atoms with Crippen LogP contribution in [0.5, 0.6) is 17.5 Å². The SMILES string of the molecule is CCO/C(C)=N/Oc1nc(C(F)(F)F)cc(=O)n1-c1cc(Oc2ccccc2[N+](=O)[O-])c(Cl)cc1F. The van der Waals surface area contributed by atoms with Gasteiger partial charge in [-0.25, -0.2) is 8.96 Å². The summed E-state index contributed by atoms with van der Waals surface area (Å²) < 4.78 is 65.5. The molecule has 0 amide bonds. The van der Waals surface area contributed by atoms with Gasteiger partial charge in [-0.2, -0.15) is 18.2 Å². The summed E-state index contributed by atoms with van der Waals surface area (Å²) in [5.41, 5.74) is -4.13. The van der Waals surface area contributed by atoms with Gasteiger partial charge in [-0.1, -0.05) is 23.7 Å². The number of hydrogen-bond acceptors (Lipinski definition) is 8. The molecule has 0 aliphatic carbocycles. The van der Waals surface area contributed by atoms with Crippen LogP contribution < -0.4 is 15.1 Å². The van der Waals surface area contributed by atoms with Crippen molar-refractivity contribution in [3.63, 3.8) is 0 Å². The number of nitrogens with zero attached hydrogens (tertiary/aromatic N) is 4. The van der Waals surface area contributed by atoms with E-state index in [2.05, 4.69) is 10.1 Å². The van der Waals surface area contributed by atoms with Gasteiger partial charge < -0.3 is 14.3 Å². The largest absolute Gasteiger partial charge is 0.479 e. The molecule has 15 heteroatoms. The molecule has 10 nitrogen and oxygen atoms in total. The summed E-state index contributed by atoms with van der Waals surface area (Å²) in [5, 5.41) is 14.4. The minimum atomic E-state index is -5.03. The Bertz CT molecular complexity index is 1390. The molecule has 0 unspecified atom stereocenters. The molecule has 0 saturated carbocycles. The fourth-order valence-corrected chi connectivity index (χ4v) is 3.00. The van der Waals surface area contributed by atoms with Crippen LogP contribution in [-0.4, -0.2) is 27.0 Å². The molecular weight excluding hydrogens is 516 g/mol. The summed E-state index contributed by atoms with van der Waals surface area (Å²) >= 11 is 6.02. The van der Waals surface area contributed by atoms with Crippen LogP contribution in [0.25, 0.3) is 5.69 Å². The predicted octanol–water partition coefficient (Wildman–Crippen LogP) is 5.49. The summed E-state index contributed by atoms with van der Waals surface area (Å²) in [6.45, 7) is 3.08. The van der Waals surface area contributed by atoms with Gasteiger partial charge in [0, 0.05) is 25.1 Å². The van der Waals surface area contributed by atoms with Crippen molar-refractivity contribution in [2.45, 2.75) is 20.0 Å². The van der Waals surface area contributed by atoms with Gasteiger partial charge in [-0.15, -0.1) is 0 Å². The molecule has 36 heavy (non-hydrogen) atoms. The van der Waals surface area contributed by atoms with E-state index in [9.17, 15) is 32.5 Å². The van der Waals surface area contributed by atoms with E-state index < -0.39 is 45.6 Å². The lowest BCUT2D eigenvalue weighted by molar-refractivity contribution is -0.385. The number of hydrogen-bond donors (Lipinski definition) is 0. The average Bonchev–Trinajstić information content (AvgIpc) is 2.79. The quantitative estimate of drug-likeness (QED) is 0.130. The monoisotopic (exact) mass is 530 g/mol. The summed E-state index contributed by atoms with van der Waals surface area (Å²) in [6.07, 6.45) is -5.03. The van der Waals surface area contributed by atoms with Crippen LogP contribution in [-0.2, 0) is 10.9 Å². The van der Waals surface area contributed by atoms with Crippen LogP contribution >= 0.6 is 11.6 Å². The number of benzene rings is 2. The molecule has 0 fully saturated rings. The van der Waals surface area contributed by atoms with E-state index in [1.165, 1.54) is 25.1 Å². The average molecular weight is 531 g/mol. The molecule has 1 heterocycles. The summed E-state index contributed by atoms with van der Waals surface area (Å²) in [7, 11) is 0. The highest BCUT2D eigenvalue weighted by Crippen LogP contribution is 2.37. The van der Waals surface area contributed by atoms with Gasteiger partial charge in [0.2, 0.25) is 11.6 Å². The molecule has 1 aromatic heterocycles. The van der Waals surface area contributed by atoms with E-state index in [1.807, 2.05) is 0 Å². The van der Waals surface area contributed by atoms with Gasteiger partial charge in [0.25, 0.3) is 5.56 Å². The molecule has 2 aromatic carbocycles. The highest BCUT2D eigenvalue weighted by atomic mass is 35.5. The van der Waals surface area contributed by atoms with Crippen LogP contribution in [0.2, 0.25) is 5.02 Å². The Hall–Kier alpha value is -4.20. The molecule has 0 atom stereocenters. The first kappa shape index (κ1) is 26.4. The molecule has 0 spiro atoms. The molecule has 3 aromatic rings. The summed E-state index contributed by atoms with van der Waals surface area (Å²) in [5.74, 6) is -1.91. The topological polar surface area (TPSA) is 118 Å². The Morgan fingerprint density at radius 2 is 1.92 bits per heavy atom. The van der Waals surface area contributed by atoms with Crippen LogP contribution in [0, 0.1) is 15.9 Å². The van der Waals surface area contributed by atoms with Gasteiger partial charge in [-0.05, 0) is 24.2 Å².